The van der Waals surface area contributed by atoms with E-state index in [1.165, 1.54) is 11.9 Å². The molecule has 0 radical (unpaired) electrons. The van der Waals surface area contributed by atoms with Crippen LogP contribution in [0.5, 0.6) is 0 Å². The monoisotopic (exact) mass is 461 g/mol. The van der Waals surface area contributed by atoms with Crippen LogP contribution in [-0.4, -0.2) is 48.0 Å². The van der Waals surface area contributed by atoms with Crippen molar-refractivity contribution < 1.29 is 32.7 Å². The molecule has 0 fully saturated rings. The fraction of sp³-hybridized carbons (Fsp3) is 0.304. The summed E-state index contributed by atoms with van der Waals surface area (Å²) < 4.78 is 38.0. The molecule has 2 N–H and O–H groups in total. The van der Waals surface area contributed by atoms with Gasteiger partial charge >= 0.3 is 12.1 Å². The lowest BCUT2D eigenvalue weighted by molar-refractivity contribution is -0.148. The highest BCUT2D eigenvalue weighted by atomic mass is 19.4. The zero-order valence-electron chi connectivity index (χ0n) is 17.7. The summed E-state index contributed by atoms with van der Waals surface area (Å²) in [6, 6.07) is 15.9. The number of rotatable bonds is 7. The van der Waals surface area contributed by atoms with Gasteiger partial charge in [0.1, 0.15) is 0 Å². The van der Waals surface area contributed by atoms with Crippen LogP contribution in [0.3, 0.4) is 0 Å². The summed E-state index contributed by atoms with van der Waals surface area (Å²) in [5, 5.41) is 11.4. The minimum atomic E-state index is -4.55. The molecule has 0 saturated carbocycles. The average molecular weight is 461 g/mol. The number of likely N-dealkylation sites (N-methyl/N-ethyl adjacent to an activating group) is 1. The normalized spacial score (nSPS) is 17.0. The third-order valence-electron chi connectivity index (χ3n) is 5.24. The number of aliphatic carboxylic acids is 1. The zero-order chi connectivity index (χ0) is 24.2. The van der Waals surface area contributed by atoms with Gasteiger partial charge in [-0.25, -0.2) is 4.99 Å². The fourth-order valence-corrected chi connectivity index (χ4v) is 3.57. The van der Waals surface area contributed by atoms with Crippen LogP contribution in [-0.2, 0) is 14.4 Å². The summed E-state index contributed by atoms with van der Waals surface area (Å²) >= 11 is 0. The molecule has 0 bridgehead atoms. The fourth-order valence-electron chi connectivity index (χ4n) is 3.57. The second-order valence-electron chi connectivity index (χ2n) is 7.62. The third-order valence-corrected chi connectivity index (χ3v) is 5.24. The largest absolute Gasteiger partial charge is 0.481 e. The van der Waals surface area contributed by atoms with E-state index in [1.807, 2.05) is 0 Å². The number of carboxylic acid groups (broad SMARTS) is 1. The first-order chi connectivity index (χ1) is 15.6. The van der Waals surface area contributed by atoms with E-state index in [2.05, 4.69) is 10.3 Å². The molecule has 0 aromatic heterocycles. The number of benzodiazepines with no additional fused rings is 1. The SMILES string of the molecule is CN1C(=O)[C@@H](NC(=O)[C@H](CCC(F)(F)F)CC(=O)O)N=C(c2ccccc2)c2ccccc21. The van der Waals surface area contributed by atoms with Crippen molar-refractivity contribution in [2.24, 2.45) is 10.9 Å². The molecule has 2 atom stereocenters. The molecule has 2 aromatic carbocycles. The lowest BCUT2D eigenvalue weighted by atomic mass is 9.98. The highest BCUT2D eigenvalue weighted by Crippen LogP contribution is 2.28. The zero-order valence-corrected chi connectivity index (χ0v) is 17.7. The number of carboxylic acids is 1. The Kier molecular flexibility index (Phi) is 7.15. The number of anilines is 1. The molecular weight excluding hydrogens is 439 g/mol. The van der Waals surface area contributed by atoms with Crippen molar-refractivity contribution in [2.75, 3.05) is 11.9 Å². The summed E-state index contributed by atoms with van der Waals surface area (Å²) in [7, 11) is 1.50. The number of halogens is 3. The van der Waals surface area contributed by atoms with Gasteiger partial charge in [-0.05, 0) is 12.5 Å². The van der Waals surface area contributed by atoms with E-state index in [-0.39, 0.29) is 0 Å². The summed E-state index contributed by atoms with van der Waals surface area (Å²) in [5.74, 6) is -4.46. The van der Waals surface area contributed by atoms with Gasteiger partial charge in [0.2, 0.25) is 12.1 Å². The van der Waals surface area contributed by atoms with Gasteiger partial charge in [-0.1, -0.05) is 48.5 Å². The maximum atomic E-state index is 13.1. The Morgan fingerprint density at radius 3 is 2.39 bits per heavy atom. The number of hydrogen-bond acceptors (Lipinski definition) is 4. The van der Waals surface area contributed by atoms with Gasteiger partial charge < -0.3 is 15.3 Å². The number of nitrogens with zero attached hydrogens (tertiary/aromatic N) is 2. The van der Waals surface area contributed by atoms with E-state index in [9.17, 15) is 27.6 Å². The first kappa shape index (κ1) is 24.0. The highest BCUT2D eigenvalue weighted by molar-refractivity contribution is 6.20. The first-order valence-corrected chi connectivity index (χ1v) is 10.2. The lowest BCUT2D eigenvalue weighted by Crippen LogP contribution is -2.48. The van der Waals surface area contributed by atoms with Crippen LogP contribution in [0.15, 0.2) is 59.6 Å². The maximum Gasteiger partial charge on any atom is 0.389 e. The minimum absolute atomic E-state index is 0.416. The van der Waals surface area contributed by atoms with E-state index < -0.39 is 55.3 Å². The number of carbonyl (C=O) groups excluding carboxylic acids is 2. The van der Waals surface area contributed by atoms with Gasteiger partial charge in [-0.15, -0.1) is 0 Å². The second-order valence-corrected chi connectivity index (χ2v) is 7.62. The van der Waals surface area contributed by atoms with Crippen LogP contribution in [0.4, 0.5) is 18.9 Å². The van der Waals surface area contributed by atoms with Gasteiger partial charge in [-0.3, -0.25) is 14.4 Å². The standard InChI is InChI=1S/C23H22F3N3O4/c1-29-17-10-6-5-9-16(17)19(14-7-3-2-4-8-14)27-20(22(29)33)28-21(32)15(13-18(30)31)11-12-23(24,25)26/h2-10,15,20H,11-13H2,1H3,(H,28,32)(H,30,31)/t15-,20-/m1/s1. The van der Waals surface area contributed by atoms with Crippen molar-refractivity contribution >= 4 is 29.2 Å². The predicted octanol–water partition coefficient (Wildman–Crippen LogP) is 3.38. The molecule has 174 valence electrons. The highest BCUT2D eigenvalue weighted by Gasteiger charge is 2.35. The number of hydrogen-bond donors (Lipinski definition) is 2. The van der Waals surface area contributed by atoms with Crippen LogP contribution in [0, 0.1) is 5.92 Å². The number of fused-ring (bicyclic) bond motifs is 1. The molecule has 1 aliphatic rings. The molecule has 0 saturated heterocycles. The van der Waals surface area contributed by atoms with Gasteiger partial charge in [0.05, 0.1) is 17.8 Å². The van der Waals surface area contributed by atoms with Crippen molar-refractivity contribution in [1.29, 1.82) is 0 Å². The van der Waals surface area contributed by atoms with Crippen molar-refractivity contribution in [2.45, 2.75) is 31.6 Å². The Labute approximate surface area is 187 Å². The van der Waals surface area contributed by atoms with Crippen molar-refractivity contribution in [3.8, 4) is 0 Å². The average Bonchev–Trinajstić information content (AvgIpc) is 2.87. The quantitative estimate of drug-likeness (QED) is 0.661. The second kappa shape index (κ2) is 9.85. The van der Waals surface area contributed by atoms with Crippen LogP contribution < -0.4 is 10.2 Å². The molecule has 0 unspecified atom stereocenters. The van der Waals surface area contributed by atoms with E-state index in [0.29, 0.717) is 22.5 Å². The molecule has 2 amide bonds. The predicted molar refractivity (Wildman–Crippen MR) is 115 cm³/mol. The Bertz CT molecular complexity index is 1070. The lowest BCUT2D eigenvalue weighted by Gasteiger charge is -2.22. The van der Waals surface area contributed by atoms with E-state index in [0.717, 1.165) is 0 Å². The number of amides is 2. The topological polar surface area (TPSA) is 99.1 Å². The number of aliphatic imine (C=N–C) groups is 1. The molecule has 33 heavy (non-hydrogen) atoms. The Morgan fingerprint density at radius 2 is 1.76 bits per heavy atom. The van der Waals surface area contributed by atoms with Gasteiger partial charge in [0.15, 0.2) is 0 Å². The van der Waals surface area contributed by atoms with Gasteiger partial charge in [0.25, 0.3) is 5.91 Å². The minimum Gasteiger partial charge on any atom is -0.481 e. The van der Waals surface area contributed by atoms with Gasteiger partial charge in [-0.2, -0.15) is 13.2 Å². The Balaban J connectivity index is 1.96. The summed E-state index contributed by atoms with van der Waals surface area (Å²) in [6.07, 6.45) is -8.81. The molecule has 2 aromatic rings. The van der Waals surface area contributed by atoms with Crippen LogP contribution in [0.2, 0.25) is 0 Å². The molecule has 10 heteroatoms. The van der Waals surface area contributed by atoms with Crippen LogP contribution >= 0.6 is 0 Å². The summed E-state index contributed by atoms with van der Waals surface area (Å²) in [6.45, 7) is 0. The van der Waals surface area contributed by atoms with Gasteiger partial charge in [0, 0.05) is 30.5 Å². The number of benzene rings is 2. The number of para-hydroxylation sites is 1. The molecule has 1 aliphatic heterocycles. The van der Waals surface area contributed by atoms with Crippen LogP contribution in [0.25, 0.3) is 0 Å². The van der Waals surface area contributed by atoms with E-state index in [1.54, 1.807) is 54.6 Å². The smallest absolute Gasteiger partial charge is 0.389 e. The van der Waals surface area contributed by atoms with Crippen LogP contribution in [0.1, 0.15) is 30.4 Å². The number of carbonyl (C=O) groups is 3. The Hall–Kier alpha value is -3.69. The van der Waals surface area contributed by atoms with E-state index >= 15 is 0 Å². The summed E-state index contributed by atoms with van der Waals surface area (Å²) in [4.78, 5) is 42.7. The van der Waals surface area contributed by atoms with Crippen molar-refractivity contribution in [1.82, 2.24) is 5.32 Å². The summed E-state index contributed by atoms with van der Waals surface area (Å²) in [5.41, 5.74) is 2.27. The molecule has 7 nitrogen and oxygen atoms in total. The third kappa shape index (κ3) is 5.97. The molecule has 3 rings (SSSR count). The molecule has 0 spiro atoms. The van der Waals surface area contributed by atoms with Crippen molar-refractivity contribution in [3.05, 3.63) is 65.7 Å². The van der Waals surface area contributed by atoms with E-state index in [4.69, 9.17) is 5.11 Å². The number of nitrogens with one attached hydrogen (secondary N) is 1. The number of alkyl halides is 3. The first-order valence-electron chi connectivity index (χ1n) is 10.2. The molecular formula is C23H22F3N3O4. The maximum absolute atomic E-state index is 13.1. The van der Waals surface area contributed by atoms with Crippen molar-refractivity contribution in [3.63, 3.8) is 0 Å². The molecule has 0 aliphatic carbocycles. The molecule has 1 heterocycles. The Morgan fingerprint density at radius 1 is 1.12 bits per heavy atom.